The van der Waals surface area contributed by atoms with Crippen molar-refractivity contribution in [3.63, 3.8) is 0 Å². The number of likely N-dealkylation sites (tertiary alicyclic amines) is 1. The molecule has 1 aromatic heterocycles. The Hall–Kier alpha value is -1.66. The molecule has 120 valence electrons. The first-order valence-electron chi connectivity index (χ1n) is 7.77. The molecule has 0 N–H and O–H groups in total. The van der Waals surface area contributed by atoms with E-state index in [2.05, 4.69) is 4.98 Å². The van der Waals surface area contributed by atoms with Crippen molar-refractivity contribution >= 4 is 6.03 Å². The summed E-state index contributed by atoms with van der Waals surface area (Å²) in [7, 11) is 3.57. The van der Waals surface area contributed by atoms with E-state index in [-0.39, 0.29) is 24.3 Å². The molecule has 3 rings (SSSR count). The number of hydrogen-bond acceptors (Lipinski definition) is 4. The predicted molar refractivity (Wildman–Crippen MR) is 81.4 cm³/mol. The van der Waals surface area contributed by atoms with Crippen LogP contribution in [0.2, 0.25) is 0 Å². The lowest BCUT2D eigenvalue weighted by atomic mass is 10.0. The maximum absolute atomic E-state index is 12.4. The van der Waals surface area contributed by atoms with Crippen LogP contribution in [0.4, 0.5) is 4.79 Å². The molecule has 2 aliphatic rings. The van der Waals surface area contributed by atoms with E-state index in [1.807, 2.05) is 17.0 Å². The van der Waals surface area contributed by atoms with E-state index in [4.69, 9.17) is 9.47 Å². The van der Waals surface area contributed by atoms with Gasteiger partial charge in [-0.25, -0.2) is 4.79 Å². The van der Waals surface area contributed by atoms with Crippen molar-refractivity contribution < 1.29 is 14.3 Å². The van der Waals surface area contributed by atoms with Gasteiger partial charge >= 0.3 is 6.03 Å². The molecule has 22 heavy (non-hydrogen) atoms. The fourth-order valence-electron chi connectivity index (χ4n) is 3.22. The van der Waals surface area contributed by atoms with E-state index in [0.717, 1.165) is 25.0 Å². The van der Waals surface area contributed by atoms with Crippen molar-refractivity contribution in [2.75, 3.05) is 27.2 Å². The Labute approximate surface area is 131 Å². The minimum Gasteiger partial charge on any atom is -0.373 e. The zero-order valence-electron chi connectivity index (χ0n) is 13.1. The second-order valence-electron chi connectivity index (χ2n) is 6.09. The summed E-state index contributed by atoms with van der Waals surface area (Å²) >= 11 is 0. The average molecular weight is 305 g/mol. The van der Waals surface area contributed by atoms with Gasteiger partial charge in [0.2, 0.25) is 0 Å². The van der Waals surface area contributed by atoms with Crippen molar-refractivity contribution in [2.45, 2.75) is 37.7 Å². The van der Waals surface area contributed by atoms with Gasteiger partial charge in [0.1, 0.15) is 12.2 Å². The predicted octanol–water partition coefficient (Wildman–Crippen LogP) is 1.51. The van der Waals surface area contributed by atoms with Crippen LogP contribution >= 0.6 is 0 Å². The smallest absolute Gasteiger partial charge is 0.319 e. The maximum Gasteiger partial charge on any atom is 0.319 e. The molecule has 0 radical (unpaired) electrons. The number of fused-ring (bicyclic) bond motifs is 1. The summed E-state index contributed by atoms with van der Waals surface area (Å²) in [6, 6.07) is 4.05. The second kappa shape index (κ2) is 6.62. The molecule has 0 spiro atoms. The first kappa shape index (κ1) is 15.2. The van der Waals surface area contributed by atoms with Gasteiger partial charge in [0, 0.05) is 33.1 Å². The molecule has 3 atom stereocenters. The summed E-state index contributed by atoms with van der Waals surface area (Å²) in [6.07, 6.45) is 5.43. The quantitative estimate of drug-likeness (QED) is 0.849. The third-order valence-corrected chi connectivity index (χ3v) is 4.29. The minimum absolute atomic E-state index is 0.0191. The van der Waals surface area contributed by atoms with Crippen molar-refractivity contribution in [3.05, 3.63) is 30.1 Å². The number of aromatic nitrogens is 1. The Bertz CT molecular complexity index is 509. The van der Waals surface area contributed by atoms with E-state index >= 15 is 0 Å². The molecule has 0 unspecified atom stereocenters. The van der Waals surface area contributed by atoms with Crippen LogP contribution in [-0.4, -0.2) is 66.3 Å². The minimum atomic E-state index is -0.0746. The van der Waals surface area contributed by atoms with Crippen LogP contribution < -0.4 is 0 Å². The summed E-state index contributed by atoms with van der Waals surface area (Å²) < 4.78 is 12.0. The highest BCUT2D eigenvalue weighted by Crippen LogP contribution is 2.31. The van der Waals surface area contributed by atoms with Gasteiger partial charge in [-0.1, -0.05) is 6.07 Å². The Morgan fingerprint density at radius 3 is 3.14 bits per heavy atom. The number of urea groups is 1. The lowest BCUT2D eigenvalue weighted by Crippen LogP contribution is -2.47. The number of nitrogens with zero attached hydrogens (tertiary/aromatic N) is 3. The molecule has 1 aromatic rings. The van der Waals surface area contributed by atoms with Crippen LogP contribution in [0.5, 0.6) is 0 Å². The van der Waals surface area contributed by atoms with Crippen molar-refractivity contribution in [3.8, 4) is 0 Å². The Morgan fingerprint density at radius 2 is 2.41 bits per heavy atom. The molecule has 0 bridgehead atoms. The van der Waals surface area contributed by atoms with Crippen LogP contribution in [0, 0.1) is 0 Å². The highest BCUT2D eigenvalue weighted by Gasteiger charge is 2.47. The molecule has 2 saturated heterocycles. The summed E-state index contributed by atoms with van der Waals surface area (Å²) in [4.78, 5) is 20.0. The lowest BCUT2D eigenvalue weighted by Gasteiger charge is -2.33. The van der Waals surface area contributed by atoms with Crippen molar-refractivity contribution in [1.29, 1.82) is 0 Å². The molecule has 3 heterocycles. The van der Waals surface area contributed by atoms with Gasteiger partial charge < -0.3 is 19.3 Å². The van der Waals surface area contributed by atoms with Gasteiger partial charge in [0.05, 0.1) is 19.2 Å². The molecule has 0 aromatic carbocycles. The summed E-state index contributed by atoms with van der Waals surface area (Å²) in [5.74, 6) is 0. The van der Waals surface area contributed by atoms with Gasteiger partial charge in [-0.15, -0.1) is 0 Å². The van der Waals surface area contributed by atoms with E-state index in [9.17, 15) is 4.79 Å². The monoisotopic (exact) mass is 305 g/mol. The lowest BCUT2D eigenvalue weighted by molar-refractivity contribution is -0.0809. The number of amides is 2. The standard InChI is InChI=1S/C16H23N3O3/c1-18(2)16(20)19-10-14(15-13(19)6-4-8-21-15)22-11-12-5-3-7-17-9-12/h3,5,7,9,13-15H,4,6,8,10-11H2,1-2H3/t13-,14+,15+/m0/s1. The Kier molecular flexibility index (Phi) is 4.59. The molecule has 0 saturated carbocycles. The van der Waals surface area contributed by atoms with Crippen LogP contribution in [0.15, 0.2) is 24.5 Å². The largest absolute Gasteiger partial charge is 0.373 e. The molecule has 0 aliphatic carbocycles. The van der Waals surface area contributed by atoms with Crippen LogP contribution in [0.25, 0.3) is 0 Å². The van der Waals surface area contributed by atoms with Crippen LogP contribution in [0.3, 0.4) is 0 Å². The SMILES string of the molecule is CN(C)C(=O)N1C[C@@H](OCc2cccnc2)[C@@H]2OCCC[C@@H]21. The zero-order chi connectivity index (χ0) is 15.5. The van der Waals surface area contributed by atoms with Gasteiger partial charge in [-0.05, 0) is 24.5 Å². The second-order valence-corrected chi connectivity index (χ2v) is 6.09. The van der Waals surface area contributed by atoms with E-state index in [0.29, 0.717) is 13.2 Å². The number of carbonyl (C=O) groups excluding carboxylic acids is 1. The fourth-order valence-corrected chi connectivity index (χ4v) is 3.22. The van der Waals surface area contributed by atoms with Crippen molar-refractivity contribution in [1.82, 2.24) is 14.8 Å². The van der Waals surface area contributed by atoms with Gasteiger partial charge in [-0.3, -0.25) is 4.98 Å². The molecule has 6 heteroatoms. The van der Waals surface area contributed by atoms with Gasteiger partial charge in [-0.2, -0.15) is 0 Å². The molecule has 2 aliphatic heterocycles. The normalized spacial score (nSPS) is 27.5. The molecule has 6 nitrogen and oxygen atoms in total. The van der Waals surface area contributed by atoms with E-state index < -0.39 is 0 Å². The summed E-state index contributed by atoms with van der Waals surface area (Å²) in [5.41, 5.74) is 1.03. The first-order chi connectivity index (χ1) is 10.7. The number of hydrogen-bond donors (Lipinski definition) is 0. The number of carbonyl (C=O) groups is 1. The molecule has 2 amide bonds. The summed E-state index contributed by atoms with van der Waals surface area (Å²) in [6.45, 7) is 1.83. The average Bonchev–Trinajstić information content (AvgIpc) is 2.92. The maximum atomic E-state index is 12.4. The molecule has 2 fully saturated rings. The zero-order valence-corrected chi connectivity index (χ0v) is 13.1. The topological polar surface area (TPSA) is 54.9 Å². The first-order valence-corrected chi connectivity index (χ1v) is 7.77. The highest BCUT2D eigenvalue weighted by atomic mass is 16.5. The third kappa shape index (κ3) is 3.08. The third-order valence-electron chi connectivity index (χ3n) is 4.29. The molecular formula is C16H23N3O3. The number of pyridine rings is 1. The number of rotatable bonds is 3. The van der Waals surface area contributed by atoms with Gasteiger partial charge in [0.25, 0.3) is 0 Å². The fraction of sp³-hybridized carbons (Fsp3) is 0.625. The Balaban J connectivity index is 1.67. The van der Waals surface area contributed by atoms with Crippen LogP contribution in [0.1, 0.15) is 18.4 Å². The van der Waals surface area contributed by atoms with Crippen molar-refractivity contribution in [2.24, 2.45) is 0 Å². The Morgan fingerprint density at radius 1 is 1.55 bits per heavy atom. The highest BCUT2D eigenvalue weighted by molar-refractivity contribution is 5.74. The molecular weight excluding hydrogens is 282 g/mol. The van der Waals surface area contributed by atoms with Gasteiger partial charge in [0.15, 0.2) is 0 Å². The summed E-state index contributed by atoms with van der Waals surface area (Å²) in [5, 5.41) is 0. The number of ether oxygens (including phenoxy) is 2. The van der Waals surface area contributed by atoms with E-state index in [1.54, 1.807) is 31.4 Å². The van der Waals surface area contributed by atoms with E-state index in [1.165, 1.54) is 0 Å². The van der Waals surface area contributed by atoms with Crippen LogP contribution in [-0.2, 0) is 16.1 Å².